The van der Waals surface area contributed by atoms with Gasteiger partial charge in [0.1, 0.15) is 0 Å². The summed E-state index contributed by atoms with van der Waals surface area (Å²) in [6.45, 7) is 14.2. The molecular weight excluding hydrogens is 359 g/mol. The molecule has 0 amide bonds. The normalized spacial score (nSPS) is 13.2. The van der Waals surface area contributed by atoms with Gasteiger partial charge in [0, 0.05) is 0 Å². The van der Waals surface area contributed by atoms with Gasteiger partial charge in [-0.05, 0) is 0 Å². The fraction of sp³-hybridized carbons (Fsp3) is 0.900. The Morgan fingerprint density at radius 3 is 1.62 bits per heavy atom. The summed E-state index contributed by atoms with van der Waals surface area (Å²) in [5.41, 5.74) is 1.74. The number of unbranched alkanes of at least 4 members (excludes halogenated alkanes) is 3. The Morgan fingerprint density at radius 1 is 0.857 bits per heavy atom. The van der Waals surface area contributed by atoms with Crippen molar-refractivity contribution in [3.8, 4) is 0 Å². The number of hydrogen-bond donors (Lipinski definition) is 0. The quantitative estimate of drug-likeness (QED) is 0.277. The zero-order chi connectivity index (χ0) is 16.1. The van der Waals surface area contributed by atoms with Crippen LogP contribution < -0.4 is 0 Å². The number of rotatable bonds is 13. The maximum absolute atomic E-state index is 2.91. The van der Waals surface area contributed by atoms with Crippen LogP contribution in [0.5, 0.6) is 0 Å². The van der Waals surface area contributed by atoms with E-state index in [-0.39, 0.29) is 0 Å². The van der Waals surface area contributed by atoms with E-state index >= 15 is 0 Å². The summed E-state index contributed by atoms with van der Waals surface area (Å²) in [7, 11) is 0. The molecule has 0 aliphatic heterocycles. The molecule has 0 aliphatic carbocycles. The van der Waals surface area contributed by atoms with Crippen molar-refractivity contribution < 1.29 is 0 Å². The first kappa shape index (κ1) is 21.5. The molecule has 126 valence electrons. The summed E-state index contributed by atoms with van der Waals surface area (Å²) in [5.74, 6) is 0.847. The van der Waals surface area contributed by atoms with Gasteiger partial charge < -0.3 is 0 Å². The molecule has 0 aromatic carbocycles. The van der Waals surface area contributed by atoms with E-state index in [2.05, 4.69) is 45.6 Å². The molecule has 0 radical (unpaired) electrons. The maximum atomic E-state index is 2.91. The first-order chi connectivity index (χ1) is 9.99. The van der Waals surface area contributed by atoms with E-state index in [9.17, 15) is 0 Å². The van der Waals surface area contributed by atoms with E-state index in [1.54, 1.807) is 18.9 Å². The molecule has 0 saturated carbocycles. The van der Waals surface area contributed by atoms with Gasteiger partial charge in [0.2, 0.25) is 0 Å². The van der Waals surface area contributed by atoms with Crippen LogP contribution in [0.25, 0.3) is 0 Å². The predicted molar refractivity (Wildman–Crippen MR) is 103 cm³/mol. The van der Waals surface area contributed by atoms with Gasteiger partial charge in [-0.3, -0.25) is 0 Å². The molecule has 0 rings (SSSR count). The van der Waals surface area contributed by atoms with Gasteiger partial charge in [0.15, 0.2) is 0 Å². The standard InChI is InChI=1S/C8H15.3C4H9.Sn/c1-7(2)5-6-8(3)4;3*1-3-4-2;/h1,8H,5-6H2,2-4H3;3*1,3-4H2,2H3;. The van der Waals surface area contributed by atoms with E-state index in [1.807, 2.05) is 0 Å². The van der Waals surface area contributed by atoms with Crippen molar-refractivity contribution in [2.45, 2.75) is 106 Å². The molecule has 0 bridgehead atoms. The Hall–Kier alpha value is 0.539. The molecule has 0 unspecified atom stereocenters. The van der Waals surface area contributed by atoms with Gasteiger partial charge in [-0.1, -0.05) is 0 Å². The molecular formula is C20H42Sn. The zero-order valence-corrected chi connectivity index (χ0v) is 18.8. The summed E-state index contributed by atoms with van der Waals surface area (Å²) in [5, 5.41) is 0. The van der Waals surface area contributed by atoms with Gasteiger partial charge in [0.05, 0.1) is 0 Å². The van der Waals surface area contributed by atoms with Crippen molar-refractivity contribution in [1.82, 2.24) is 0 Å². The monoisotopic (exact) mass is 402 g/mol. The Morgan fingerprint density at radius 2 is 1.29 bits per heavy atom. The Bertz CT molecular complexity index is 243. The van der Waals surface area contributed by atoms with Crippen LogP contribution in [0.15, 0.2) is 9.67 Å². The van der Waals surface area contributed by atoms with Crippen LogP contribution >= 0.6 is 0 Å². The van der Waals surface area contributed by atoms with Crippen LogP contribution in [0.4, 0.5) is 0 Å². The van der Waals surface area contributed by atoms with Crippen LogP contribution in [0, 0.1) is 5.92 Å². The predicted octanol–water partition coefficient (Wildman–Crippen LogP) is 7.76. The van der Waals surface area contributed by atoms with Gasteiger partial charge in [-0.25, -0.2) is 0 Å². The zero-order valence-electron chi connectivity index (χ0n) is 15.9. The molecule has 0 aromatic rings. The number of hydrogen-bond acceptors (Lipinski definition) is 0. The molecule has 0 heterocycles. The van der Waals surface area contributed by atoms with E-state index in [0.717, 1.165) is 5.92 Å². The Balaban J connectivity index is 4.95. The summed E-state index contributed by atoms with van der Waals surface area (Å²) in [4.78, 5) is 0. The SMILES string of the molecule is CCC[CH2][Sn](/[CH]=C(\C)CCC(C)C)([CH2]CCC)[CH2]CCC. The number of allylic oxidation sites excluding steroid dienone is 1. The fourth-order valence-corrected chi connectivity index (χ4v) is 19.1. The molecule has 1 heteroatoms. The molecule has 0 aliphatic rings. The summed E-state index contributed by atoms with van der Waals surface area (Å²) >= 11 is -2.00. The minimum absolute atomic E-state index is 0.847. The second kappa shape index (κ2) is 13.0. The summed E-state index contributed by atoms with van der Waals surface area (Å²) in [6, 6.07) is 0. The topological polar surface area (TPSA) is 0 Å². The van der Waals surface area contributed by atoms with Crippen LogP contribution in [-0.2, 0) is 0 Å². The van der Waals surface area contributed by atoms with E-state index < -0.39 is 18.4 Å². The second-order valence-corrected chi connectivity index (χ2v) is 20.5. The van der Waals surface area contributed by atoms with Crippen LogP contribution in [0.2, 0.25) is 13.3 Å². The summed E-state index contributed by atoms with van der Waals surface area (Å²) < 4.78 is 7.76. The van der Waals surface area contributed by atoms with Crippen molar-refractivity contribution in [2.75, 3.05) is 0 Å². The van der Waals surface area contributed by atoms with Gasteiger partial charge in [-0.15, -0.1) is 0 Å². The first-order valence-corrected chi connectivity index (χ1v) is 17.4. The van der Waals surface area contributed by atoms with Gasteiger partial charge in [0.25, 0.3) is 0 Å². The fourth-order valence-electron chi connectivity index (χ4n) is 3.29. The second-order valence-electron chi connectivity index (χ2n) is 7.60. The molecule has 0 nitrogen and oxygen atoms in total. The van der Waals surface area contributed by atoms with Crippen molar-refractivity contribution in [1.29, 1.82) is 0 Å². The third kappa shape index (κ3) is 10.8. The Kier molecular flexibility index (Phi) is 13.4. The average Bonchev–Trinajstić information content (AvgIpc) is 2.46. The Labute approximate surface area is 140 Å². The van der Waals surface area contributed by atoms with Crippen molar-refractivity contribution in [3.05, 3.63) is 9.67 Å². The van der Waals surface area contributed by atoms with Gasteiger partial charge >= 0.3 is 140 Å². The van der Waals surface area contributed by atoms with E-state index in [4.69, 9.17) is 0 Å². The van der Waals surface area contributed by atoms with Crippen LogP contribution in [-0.4, -0.2) is 18.4 Å². The van der Waals surface area contributed by atoms with Crippen LogP contribution in [0.1, 0.15) is 92.9 Å². The van der Waals surface area contributed by atoms with Crippen molar-refractivity contribution in [3.63, 3.8) is 0 Å². The minimum atomic E-state index is -2.00. The first-order valence-electron chi connectivity index (χ1n) is 9.68. The van der Waals surface area contributed by atoms with Crippen molar-refractivity contribution in [2.24, 2.45) is 5.92 Å². The van der Waals surface area contributed by atoms with Gasteiger partial charge in [-0.2, -0.15) is 0 Å². The third-order valence-corrected chi connectivity index (χ3v) is 19.5. The van der Waals surface area contributed by atoms with Crippen molar-refractivity contribution >= 4 is 18.4 Å². The molecule has 0 saturated heterocycles. The molecule has 0 aromatic heterocycles. The molecule has 0 atom stereocenters. The average molecular weight is 401 g/mol. The van der Waals surface area contributed by atoms with E-state index in [0.29, 0.717) is 0 Å². The molecule has 0 fully saturated rings. The van der Waals surface area contributed by atoms with E-state index in [1.165, 1.54) is 51.4 Å². The molecule has 0 N–H and O–H groups in total. The molecule has 21 heavy (non-hydrogen) atoms. The third-order valence-electron chi connectivity index (χ3n) is 4.75. The van der Waals surface area contributed by atoms with Crippen LogP contribution in [0.3, 0.4) is 0 Å². The summed E-state index contributed by atoms with van der Waals surface area (Å²) in [6.07, 6.45) is 11.3. The molecule has 0 spiro atoms.